The van der Waals surface area contributed by atoms with Gasteiger partial charge in [0.05, 0.1) is 34.3 Å². The van der Waals surface area contributed by atoms with E-state index in [1.54, 1.807) is 30.6 Å². The average Bonchev–Trinajstić information content (AvgIpc) is 3.78. The van der Waals surface area contributed by atoms with Crippen molar-refractivity contribution in [3.05, 3.63) is 105 Å². The van der Waals surface area contributed by atoms with Crippen molar-refractivity contribution in [1.29, 1.82) is 0 Å². The van der Waals surface area contributed by atoms with Crippen LogP contribution < -0.4 is 16.0 Å². The Morgan fingerprint density at radius 1 is 0.882 bits per heavy atom. The van der Waals surface area contributed by atoms with Crippen LogP contribution in [-0.2, 0) is 41.9 Å². The van der Waals surface area contributed by atoms with Gasteiger partial charge in [0.1, 0.15) is 12.6 Å². The molecule has 4 rings (SSSR count). The number of carbonyl (C=O) groups is 3. The third-order valence-electron chi connectivity index (χ3n) is 8.26. The molecule has 4 atom stereocenters. The van der Waals surface area contributed by atoms with Crippen LogP contribution in [0.15, 0.2) is 78.3 Å². The van der Waals surface area contributed by atoms with Gasteiger partial charge in [0, 0.05) is 31.1 Å². The molecule has 2 heterocycles. The minimum Gasteiger partial charge on any atom is -0.444 e. The van der Waals surface area contributed by atoms with E-state index in [-0.39, 0.29) is 30.9 Å². The maximum Gasteiger partial charge on any atom is 0.407 e. The monoisotopic (exact) mass is 734 g/mol. The molecule has 0 aliphatic heterocycles. The smallest absolute Gasteiger partial charge is 0.407 e. The van der Waals surface area contributed by atoms with Gasteiger partial charge in [-0.1, -0.05) is 88.4 Å². The number of amides is 4. The Hall–Kier alpha value is -4.33. The molecule has 4 N–H and O–H groups in total. The van der Waals surface area contributed by atoms with Crippen LogP contribution in [0.4, 0.5) is 9.59 Å². The van der Waals surface area contributed by atoms with E-state index in [4.69, 9.17) is 4.74 Å². The normalized spacial score (nSPS) is 13.6. The zero-order valence-electron chi connectivity index (χ0n) is 30.0. The van der Waals surface area contributed by atoms with E-state index < -0.39 is 30.3 Å². The van der Waals surface area contributed by atoms with Gasteiger partial charge in [0.25, 0.3) is 0 Å². The molecule has 11 nitrogen and oxygen atoms in total. The lowest BCUT2D eigenvalue weighted by molar-refractivity contribution is -0.124. The number of alkyl carbamates (subject to hydrolysis) is 1. The fourth-order valence-electron chi connectivity index (χ4n) is 5.59. The fraction of sp³-hybridized carbons (Fsp3) is 0.447. The van der Waals surface area contributed by atoms with E-state index in [1.807, 2.05) is 79.9 Å². The number of ether oxygens (including phenoxy) is 1. The van der Waals surface area contributed by atoms with Gasteiger partial charge in [-0.3, -0.25) is 4.79 Å². The van der Waals surface area contributed by atoms with E-state index in [9.17, 15) is 19.5 Å². The highest BCUT2D eigenvalue weighted by Gasteiger charge is 2.31. The number of nitrogens with zero attached hydrogens (tertiary/aromatic N) is 3. The molecule has 0 aliphatic rings. The largest absolute Gasteiger partial charge is 0.444 e. The maximum absolute atomic E-state index is 13.9. The van der Waals surface area contributed by atoms with Crippen molar-refractivity contribution >= 4 is 40.9 Å². The number of rotatable bonds is 18. The molecule has 51 heavy (non-hydrogen) atoms. The Morgan fingerprint density at radius 2 is 1.55 bits per heavy atom. The average molecular weight is 735 g/mol. The fourth-order valence-corrected chi connectivity index (χ4v) is 7.08. The molecule has 13 heteroatoms. The number of hydrogen-bond acceptors (Lipinski definition) is 9. The van der Waals surface area contributed by atoms with Gasteiger partial charge in [0.2, 0.25) is 5.91 Å². The quantitative estimate of drug-likeness (QED) is 0.0985. The van der Waals surface area contributed by atoms with E-state index in [0.717, 1.165) is 33.1 Å². The molecule has 2 aromatic carbocycles. The Balaban J connectivity index is 1.45. The van der Waals surface area contributed by atoms with Crippen molar-refractivity contribution in [2.75, 3.05) is 7.05 Å². The zero-order chi connectivity index (χ0) is 36.8. The molecule has 2 aromatic heterocycles. The number of thiazole rings is 1. The Bertz CT molecular complexity index is 1630. The molecular weight excluding hydrogens is 685 g/mol. The molecule has 0 unspecified atom stereocenters. The predicted octanol–water partition coefficient (Wildman–Crippen LogP) is 5.98. The summed E-state index contributed by atoms with van der Waals surface area (Å²) in [5, 5.41) is 23.6. The number of hydrogen-bond donors (Lipinski definition) is 4. The van der Waals surface area contributed by atoms with Crippen molar-refractivity contribution in [3.63, 3.8) is 0 Å². The summed E-state index contributed by atoms with van der Waals surface area (Å²) in [4.78, 5) is 47.1. The molecule has 4 aromatic rings. The van der Waals surface area contributed by atoms with Crippen molar-refractivity contribution in [3.8, 4) is 0 Å². The first-order valence-corrected chi connectivity index (χ1v) is 19.0. The van der Waals surface area contributed by atoms with Crippen LogP contribution in [0.2, 0.25) is 0 Å². The van der Waals surface area contributed by atoms with Gasteiger partial charge in [-0.2, -0.15) is 0 Å². The third kappa shape index (κ3) is 13.4. The van der Waals surface area contributed by atoms with Crippen LogP contribution in [0.3, 0.4) is 0 Å². The van der Waals surface area contributed by atoms with Gasteiger partial charge in [-0.05, 0) is 59.8 Å². The summed E-state index contributed by atoms with van der Waals surface area (Å²) in [5.41, 5.74) is 2.70. The van der Waals surface area contributed by atoms with E-state index in [1.165, 1.54) is 16.4 Å². The minimum absolute atomic E-state index is 0.0672. The summed E-state index contributed by atoms with van der Waals surface area (Å²) in [6, 6.07) is 18.6. The van der Waals surface area contributed by atoms with Gasteiger partial charge in [-0.25, -0.2) is 18.9 Å². The van der Waals surface area contributed by atoms with Crippen molar-refractivity contribution < 1.29 is 24.2 Å². The standard InChI is InChI=1S/C38H50N6O5S2/c1-25(2)18-34-40-30(24-50-34)22-44(5)37(47)43-35(26(3)4)36(46)41-29(19-27-12-8-6-9-13-27)21-33(45)32(20-28-14-10-7-11-15-28)42-38(48)49-23-31-16-17-39-51-31/h6-17,24-26,29,32-33,35,45H,18-23H2,1-5H3,(H,41,46)(H,42,48)(H,43,47)/t29-,32-,33-,35-/m0/s1. The van der Waals surface area contributed by atoms with Gasteiger partial charge in [0.15, 0.2) is 0 Å². The molecule has 0 saturated carbocycles. The predicted molar refractivity (Wildman–Crippen MR) is 201 cm³/mol. The van der Waals surface area contributed by atoms with Crippen LogP contribution in [0.25, 0.3) is 0 Å². The second kappa shape index (κ2) is 19.9. The summed E-state index contributed by atoms with van der Waals surface area (Å²) in [6.45, 7) is 8.43. The molecule has 274 valence electrons. The maximum atomic E-state index is 13.9. The SMILES string of the molecule is CC(C)Cc1nc(CN(C)C(=O)N[C@H](C(=O)N[C@@H](Cc2ccccc2)C[C@H](O)[C@H](Cc2ccccc2)NC(=O)OCc2ccns2)C(C)C)cs1. The highest BCUT2D eigenvalue weighted by molar-refractivity contribution is 7.09. The van der Waals surface area contributed by atoms with Crippen molar-refractivity contribution in [2.45, 2.75) is 90.8 Å². The highest BCUT2D eigenvalue weighted by Crippen LogP contribution is 2.18. The lowest BCUT2D eigenvalue weighted by atomic mass is 9.93. The zero-order valence-corrected chi connectivity index (χ0v) is 31.6. The van der Waals surface area contributed by atoms with Crippen LogP contribution in [0.5, 0.6) is 0 Å². The topological polar surface area (TPSA) is 146 Å². The molecule has 0 aliphatic carbocycles. The van der Waals surface area contributed by atoms with E-state index in [2.05, 4.69) is 39.2 Å². The number of benzene rings is 2. The molecular formula is C38H50N6O5S2. The van der Waals surface area contributed by atoms with E-state index >= 15 is 0 Å². The summed E-state index contributed by atoms with van der Waals surface area (Å²) in [7, 11) is 1.68. The number of aliphatic hydroxyl groups excluding tert-OH is 1. The number of aromatic nitrogens is 2. The molecule has 0 fully saturated rings. The Kier molecular flexibility index (Phi) is 15.4. The lowest BCUT2D eigenvalue weighted by Crippen LogP contribution is -2.55. The second-order valence-electron chi connectivity index (χ2n) is 13.6. The summed E-state index contributed by atoms with van der Waals surface area (Å²) in [6.07, 6.45) is 1.73. The Morgan fingerprint density at radius 3 is 2.16 bits per heavy atom. The summed E-state index contributed by atoms with van der Waals surface area (Å²) in [5.74, 6) is -0.0872. The molecule has 0 bridgehead atoms. The first-order chi connectivity index (χ1) is 24.5. The first-order valence-electron chi connectivity index (χ1n) is 17.3. The number of carbonyl (C=O) groups excluding carboxylic acids is 3. The van der Waals surface area contributed by atoms with Gasteiger partial charge >= 0.3 is 12.1 Å². The van der Waals surface area contributed by atoms with Gasteiger partial charge in [-0.15, -0.1) is 11.3 Å². The first kappa shape index (κ1) is 39.5. The van der Waals surface area contributed by atoms with Crippen LogP contribution in [-0.4, -0.2) is 68.7 Å². The van der Waals surface area contributed by atoms with E-state index in [0.29, 0.717) is 25.3 Å². The lowest BCUT2D eigenvalue weighted by Gasteiger charge is -2.30. The van der Waals surface area contributed by atoms with Crippen LogP contribution in [0.1, 0.15) is 60.8 Å². The summed E-state index contributed by atoms with van der Waals surface area (Å²) < 4.78 is 9.47. The third-order valence-corrected chi connectivity index (χ3v) is 9.89. The number of aliphatic hydroxyl groups is 1. The molecule has 4 amide bonds. The molecule has 0 radical (unpaired) electrons. The van der Waals surface area contributed by atoms with Crippen LogP contribution in [0, 0.1) is 11.8 Å². The van der Waals surface area contributed by atoms with Crippen molar-refractivity contribution in [2.24, 2.45) is 11.8 Å². The highest BCUT2D eigenvalue weighted by atomic mass is 32.1. The summed E-state index contributed by atoms with van der Waals surface area (Å²) >= 11 is 2.83. The van der Waals surface area contributed by atoms with Crippen LogP contribution >= 0.6 is 22.9 Å². The van der Waals surface area contributed by atoms with Crippen molar-refractivity contribution in [1.82, 2.24) is 30.2 Å². The molecule has 0 saturated heterocycles. The molecule has 0 spiro atoms. The Labute approximate surface area is 309 Å². The van der Waals surface area contributed by atoms with Gasteiger partial charge < -0.3 is 30.7 Å². The number of nitrogens with one attached hydrogen (secondary N) is 3. The minimum atomic E-state index is -1.05. The second-order valence-corrected chi connectivity index (χ2v) is 15.4. The number of urea groups is 1.